The van der Waals surface area contributed by atoms with Gasteiger partial charge in [0.15, 0.2) is 0 Å². The molecule has 2 rings (SSSR count). The number of hydrogen-bond acceptors (Lipinski definition) is 2. The zero-order chi connectivity index (χ0) is 10.8. The molecule has 0 bridgehead atoms. The van der Waals surface area contributed by atoms with Gasteiger partial charge in [-0.1, -0.05) is 25.8 Å². The van der Waals surface area contributed by atoms with Gasteiger partial charge in [-0.2, -0.15) is 0 Å². The molecule has 2 fully saturated rings. The van der Waals surface area contributed by atoms with Crippen molar-refractivity contribution in [3.63, 3.8) is 0 Å². The number of carbonyl (C=O) groups excluding carboxylic acids is 1. The highest BCUT2D eigenvalue weighted by Crippen LogP contribution is 2.34. The predicted octanol–water partition coefficient (Wildman–Crippen LogP) is 2.99. The summed E-state index contributed by atoms with van der Waals surface area (Å²) in [5, 5.41) is 2.83. The van der Waals surface area contributed by atoms with Crippen molar-refractivity contribution in [2.75, 3.05) is 0 Å². The number of ether oxygens (including phenoxy) is 1. The summed E-state index contributed by atoms with van der Waals surface area (Å²) in [6.07, 6.45) is 5.94. The van der Waals surface area contributed by atoms with E-state index in [2.05, 4.69) is 34.5 Å². The SMILES string of the molecule is C=C(I)[C@@H]1NC(=O)O[C@H]1C1CCCCC1. The molecule has 2 aliphatic rings. The molecule has 1 saturated heterocycles. The van der Waals surface area contributed by atoms with E-state index in [4.69, 9.17) is 4.74 Å². The summed E-state index contributed by atoms with van der Waals surface area (Å²) in [4.78, 5) is 11.2. The Morgan fingerprint density at radius 2 is 2.07 bits per heavy atom. The fourth-order valence-corrected chi connectivity index (χ4v) is 3.03. The number of amides is 1. The second-order valence-electron chi connectivity index (χ2n) is 4.34. The number of cyclic esters (lactones) is 1. The molecule has 1 aliphatic heterocycles. The summed E-state index contributed by atoms with van der Waals surface area (Å²) in [7, 11) is 0. The summed E-state index contributed by atoms with van der Waals surface area (Å²) in [6, 6.07) is 0.0150. The van der Waals surface area contributed by atoms with Gasteiger partial charge in [-0.15, -0.1) is 0 Å². The van der Waals surface area contributed by atoms with Crippen molar-refractivity contribution in [1.29, 1.82) is 0 Å². The Kier molecular flexibility index (Phi) is 3.53. The quantitative estimate of drug-likeness (QED) is 0.794. The van der Waals surface area contributed by atoms with Gasteiger partial charge < -0.3 is 10.1 Å². The average molecular weight is 321 g/mol. The predicted molar refractivity (Wildman–Crippen MR) is 66.9 cm³/mol. The van der Waals surface area contributed by atoms with E-state index in [1.165, 1.54) is 32.1 Å². The minimum absolute atomic E-state index is 0.0150. The molecule has 84 valence electrons. The molecule has 1 heterocycles. The molecule has 1 amide bonds. The van der Waals surface area contributed by atoms with Crippen molar-refractivity contribution in [2.45, 2.75) is 44.2 Å². The van der Waals surface area contributed by atoms with E-state index in [1.54, 1.807) is 0 Å². The van der Waals surface area contributed by atoms with Crippen LogP contribution in [0.25, 0.3) is 0 Å². The van der Waals surface area contributed by atoms with Crippen LogP contribution in [0.2, 0.25) is 0 Å². The van der Waals surface area contributed by atoms with E-state index < -0.39 is 0 Å². The maximum atomic E-state index is 11.2. The molecule has 3 nitrogen and oxygen atoms in total. The smallest absolute Gasteiger partial charge is 0.408 e. The molecule has 1 saturated carbocycles. The van der Waals surface area contributed by atoms with Crippen LogP contribution < -0.4 is 5.32 Å². The van der Waals surface area contributed by atoms with Crippen LogP contribution in [-0.2, 0) is 4.74 Å². The van der Waals surface area contributed by atoms with Gasteiger partial charge in [-0.3, -0.25) is 0 Å². The molecule has 0 spiro atoms. The van der Waals surface area contributed by atoms with Gasteiger partial charge in [0.1, 0.15) is 6.10 Å². The van der Waals surface area contributed by atoms with Crippen molar-refractivity contribution in [1.82, 2.24) is 5.32 Å². The van der Waals surface area contributed by atoms with Crippen LogP contribution in [0, 0.1) is 5.92 Å². The molecule has 0 aromatic carbocycles. The van der Waals surface area contributed by atoms with Gasteiger partial charge in [0.05, 0.1) is 6.04 Å². The van der Waals surface area contributed by atoms with Crippen LogP contribution in [0.1, 0.15) is 32.1 Å². The Hall–Kier alpha value is -0.260. The number of rotatable bonds is 2. The lowest BCUT2D eigenvalue weighted by molar-refractivity contribution is 0.0801. The summed E-state index contributed by atoms with van der Waals surface area (Å²) in [5.74, 6) is 0.522. The first-order chi connectivity index (χ1) is 7.18. The van der Waals surface area contributed by atoms with Crippen molar-refractivity contribution >= 4 is 28.7 Å². The number of carbonyl (C=O) groups is 1. The van der Waals surface area contributed by atoms with E-state index >= 15 is 0 Å². The second kappa shape index (κ2) is 4.72. The van der Waals surface area contributed by atoms with Gasteiger partial charge in [0, 0.05) is 3.58 Å². The topological polar surface area (TPSA) is 38.3 Å². The van der Waals surface area contributed by atoms with E-state index in [0.717, 1.165) is 3.58 Å². The number of hydrogen-bond donors (Lipinski definition) is 1. The maximum Gasteiger partial charge on any atom is 0.408 e. The lowest BCUT2D eigenvalue weighted by Gasteiger charge is -2.28. The molecule has 0 aromatic rings. The highest BCUT2D eigenvalue weighted by molar-refractivity contribution is 14.1. The Bertz CT molecular complexity index is 274. The molecule has 0 unspecified atom stereocenters. The van der Waals surface area contributed by atoms with Crippen LogP contribution >= 0.6 is 22.6 Å². The Morgan fingerprint density at radius 1 is 1.40 bits per heavy atom. The van der Waals surface area contributed by atoms with Crippen LogP contribution in [-0.4, -0.2) is 18.2 Å². The van der Waals surface area contributed by atoms with E-state index in [-0.39, 0.29) is 18.2 Å². The highest BCUT2D eigenvalue weighted by Gasteiger charge is 2.40. The average Bonchev–Trinajstić information content (AvgIpc) is 2.62. The summed E-state index contributed by atoms with van der Waals surface area (Å²) >= 11 is 2.18. The minimum atomic E-state index is -0.284. The number of alkyl carbamates (subject to hydrolysis) is 1. The van der Waals surface area contributed by atoms with Crippen LogP contribution in [0.4, 0.5) is 4.79 Å². The van der Waals surface area contributed by atoms with Crippen molar-refractivity contribution in [3.8, 4) is 0 Å². The maximum absolute atomic E-state index is 11.2. The third-order valence-electron chi connectivity index (χ3n) is 3.30. The fraction of sp³-hybridized carbons (Fsp3) is 0.727. The second-order valence-corrected chi connectivity index (χ2v) is 5.72. The van der Waals surface area contributed by atoms with Gasteiger partial charge in [0.25, 0.3) is 0 Å². The molecular formula is C11H16INO2. The molecule has 1 N–H and O–H groups in total. The Morgan fingerprint density at radius 3 is 2.67 bits per heavy atom. The van der Waals surface area contributed by atoms with Crippen LogP contribution in [0.3, 0.4) is 0 Å². The fourth-order valence-electron chi connectivity index (χ4n) is 2.52. The summed E-state index contributed by atoms with van der Waals surface area (Å²) in [5.41, 5.74) is 0. The van der Waals surface area contributed by atoms with E-state index in [9.17, 15) is 4.79 Å². The van der Waals surface area contributed by atoms with Gasteiger partial charge in [-0.25, -0.2) is 4.79 Å². The molecule has 0 aromatic heterocycles. The van der Waals surface area contributed by atoms with Crippen molar-refractivity contribution in [3.05, 3.63) is 10.2 Å². The molecular weight excluding hydrogens is 305 g/mol. The molecule has 2 atom stereocenters. The third-order valence-corrected chi connectivity index (χ3v) is 3.97. The Labute approximate surface area is 104 Å². The monoisotopic (exact) mass is 321 g/mol. The summed E-state index contributed by atoms with van der Waals surface area (Å²) < 4.78 is 6.33. The normalized spacial score (nSPS) is 32.2. The molecule has 0 radical (unpaired) electrons. The van der Waals surface area contributed by atoms with Gasteiger partial charge in [-0.05, 0) is 41.4 Å². The van der Waals surface area contributed by atoms with E-state index in [0.29, 0.717) is 5.92 Å². The standard InChI is InChI=1S/C11H16INO2/c1-7(12)9-10(15-11(14)13-9)8-5-3-2-4-6-8/h8-10H,1-6H2,(H,13,14)/t9-,10-/m0/s1. The zero-order valence-corrected chi connectivity index (χ0v) is 10.8. The largest absolute Gasteiger partial charge is 0.443 e. The minimum Gasteiger partial charge on any atom is -0.443 e. The van der Waals surface area contributed by atoms with Crippen LogP contribution in [0.5, 0.6) is 0 Å². The molecule has 15 heavy (non-hydrogen) atoms. The van der Waals surface area contributed by atoms with Crippen LogP contribution in [0.15, 0.2) is 10.2 Å². The van der Waals surface area contributed by atoms with Crippen molar-refractivity contribution < 1.29 is 9.53 Å². The van der Waals surface area contributed by atoms with Gasteiger partial charge in [0.2, 0.25) is 0 Å². The summed E-state index contributed by atoms with van der Waals surface area (Å²) in [6.45, 7) is 3.91. The zero-order valence-electron chi connectivity index (χ0n) is 8.67. The van der Waals surface area contributed by atoms with Gasteiger partial charge >= 0.3 is 6.09 Å². The Balaban J connectivity index is 2.05. The first-order valence-electron chi connectivity index (χ1n) is 5.50. The lowest BCUT2D eigenvalue weighted by atomic mass is 9.83. The lowest BCUT2D eigenvalue weighted by Crippen LogP contribution is -2.37. The van der Waals surface area contributed by atoms with E-state index in [1.807, 2.05) is 0 Å². The molecule has 1 aliphatic carbocycles. The molecule has 4 heteroatoms. The first-order valence-corrected chi connectivity index (χ1v) is 6.58. The first kappa shape index (κ1) is 11.2. The van der Waals surface area contributed by atoms with Crippen molar-refractivity contribution in [2.24, 2.45) is 5.92 Å². The number of halogens is 1. The number of nitrogens with one attached hydrogen (secondary N) is 1. The highest BCUT2D eigenvalue weighted by atomic mass is 127. The third kappa shape index (κ3) is 2.46.